The Morgan fingerprint density at radius 3 is 1.37 bits per heavy atom. The van der Waals surface area contributed by atoms with Crippen LogP contribution in [0.25, 0.3) is 22.5 Å². The molecule has 0 saturated heterocycles. The van der Waals surface area contributed by atoms with Gasteiger partial charge in [-0.2, -0.15) is 0 Å². The van der Waals surface area contributed by atoms with Crippen LogP contribution in [-0.4, -0.2) is 20.9 Å². The van der Waals surface area contributed by atoms with Crippen molar-refractivity contribution in [3.05, 3.63) is 139 Å². The normalized spacial score (nSPS) is 9.58. The van der Waals surface area contributed by atoms with Crippen LogP contribution in [0, 0.1) is 35.4 Å². The molecule has 5 rings (SSSR count). The zero-order valence-electron chi connectivity index (χ0n) is 19.2. The standard InChI is InChI=1S/2C11H6F2N.C6H5NO2.Ir/c2*12-8-4-5-9(10(13)7-8)11-3-1-2-6-14-11;8-6(9)5-3-1-2-4-7-5;/h2*1-4,6-7H;1-4H,(H,8,9);/q2*-1;;+3/p-1. The number of pyridine rings is 3. The Morgan fingerprint density at radius 2 is 1.08 bits per heavy atom. The van der Waals surface area contributed by atoms with Crippen molar-refractivity contribution < 1.29 is 47.6 Å². The molecule has 0 bridgehead atoms. The summed E-state index contributed by atoms with van der Waals surface area (Å²) < 4.78 is 51.6. The average Bonchev–Trinajstić information content (AvgIpc) is 2.91. The second-order valence-corrected chi connectivity index (χ2v) is 7.01. The fraction of sp³-hybridized carbons (Fsp3) is 0. The van der Waals surface area contributed by atoms with Gasteiger partial charge in [0.05, 0.1) is 11.7 Å². The summed E-state index contributed by atoms with van der Waals surface area (Å²) in [7, 11) is 0. The third-order valence-electron chi connectivity index (χ3n) is 4.43. The van der Waals surface area contributed by atoms with Crippen molar-refractivity contribution in [2.75, 3.05) is 0 Å². The van der Waals surface area contributed by atoms with Crippen LogP contribution in [0.15, 0.2) is 97.5 Å². The smallest absolute Gasteiger partial charge is 0.543 e. The van der Waals surface area contributed by atoms with E-state index in [4.69, 9.17) is 0 Å². The second kappa shape index (κ2) is 15.1. The summed E-state index contributed by atoms with van der Waals surface area (Å²) in [5.41, 5.74) is 1.24. The molecule has 0 spiro atoms. The zero-order valence-corrected chi connectivity index (χ0v) is 21.6. The fourth-order valence-electron chi connectivity index (χ4n) is 2.79. The van der Waals surface area contributed by atoms with Gasteiger partial charge in [0, 0.05) is 41.9 Å². The van der Waals surface area contributed by atoms with Crippen LogP contribution < -0.4 is 5.11 Å². The number of carbonyl (C=O) groups is 1. The maximum Gasteiger partial charge on any atom is 3.00 e. The van der Waals surface area contributed by atoms with Gasteiger partial charge in [0.2, 0.25) is 0 Å². The molecule has 192 valence electrons. The van der Waals surface area contributed by atoms with Crippen molar-refractivity contribution in [1.82, 2.24) is 15.0 Å². The van der Waals surface area contributed by atoms with Gasteiger partial charge < -0.3 is 19.9 Å². The first-order chi connectivity index (χ1) is 17.8. The molecule has 0 fully saturated rings. The van der Waals surface area contributed by atoms with E-state index in [9.17, 15) is 27.5 Å². The molecular formula is C28H16F4IrN3O2. The molecule has 0 aliphatic rings. The molecule has 5 nitrogen and oxygen atoms in total. The van der Waals surface area contributed by atoms with E-state index < -0.39 is 29.2 Å². The van der Waals surface area contributed by atoms with Crippen LogP contribution in [0.5, 0.6) is 0 Å². The Kier molecular flexibility index (Phi) is 11.9. The largest absolute Gasteiger partial charge is 3.00 e. The maximum absolute atomic E-state index is 13.2. The molecule has 10 heteroatoms. The van der Waals surface area contributed by atoms with Crippen molar-refractivity contribution in [3.63, 3.8) is 0 Å². The number of aromatic carboxylic acids is 1. The van der Waals surface area contributed by atoms with Crippen molar-refractivity contribution in [1.29, 1.82) is 0 Å². The monoisotopic (exact) mass is 695 g/mol. The predicted molar refractivity (Wildman–Crippen MR) is 125 cm³/mol. The minimum atomic E-state index is -1.24. The Hall–Kier alpha value is -4.27. The number of hydrogen-bond donors (Lipinski definition) is 0. The Bertz CT molecular complexity index is 1360. The topological polar surface area (TPSA) is 78.8 Å². The molecule has 5 aromatic rings. The minimum absolute atomic E-state index is 0. The first kappa shape index (κ1) is 30.0. The Morgan fingerprint density at radius 1 is 0.658 bits per heavy atom. The zero-order chi connectivity index (χ0) is 26.6. The van der Waals surface area contributed by atoms with Crippen LogP contribution in [0.4, 0.5) is 17.6 Å². The molecule has 2 aromatic carbocycles. The number of nitrogens with zero attached hydrogens (tertiary/aromatic N) is 3. The predicted octanol–water partition coefficient (Wildman–Crippen LogP) is 5.10. The van der Waals surface area contributed by atoms with Gasteiger partial charge in [0.25, 0.3) is 0 Å². The van der Waals surface area contributed by atoms with Gasteiger partial charge in [-0.05, 0) is 35.7 Å². The number of rotatable bonds is 3. The third-order valence-corrected chi connectivity index (χ3v) is 4.43. The molecular weight excluding hydrogens is 679 g/mol. The van der Waals surface area contributed by atoms with Gasteiger partial charge in [-0.15, -0.1) is 24.3 Å². The molecule has 0 amide bonds. The molecule has 0 N–H and O–H groups in total. The van der Waals surface area contributed by atoms with Crippen molar-refractivity contribution in [2.45, 2.75) is 0 Å². The summed E-state index contributed by atoms with van der Waals surface area (Å²) in [6.45, 7) is 0. The Labute approximate surface area is 229 Å². The quantitative estimate of drug-likeness (QED) is 0.194. The number of hydrogen-bond acceptors (Lipinski definition) is 5. The van der Waals surface area contributed by atoms with E-state index in [-0.39, 0.29) is 36.9 Å². The molecule has 38 heavy (non-hydrogen) atoms. The van der Waals surface area contributed by atoms with Gasteiger partial charge in [-0.1, -0.05) is 53.6 Å². The third kappa shape index (κ3) is 8.99. The molecule has 3 heterocycles. The molecule has 0 aliphatic carbocycles. The van der Waals surface area contributed by atoms with E-state index >= 15 is 0 Å². The van der Waals surface area contributed by atoms with E-state index in [0.717, 1.165) is 24.3 Å². The number of benzene rings is 2. The number of carboxylic acids is 1. The maximum atomic E-state index is 13.2. The first-order valence-corrected chi connectivity index (χ1v) is 10.5. The van der Waals surface area contributed by atoms with Crippen LogP contribution in [0.2, 0.25) is 0 Å². The van der Waals surface area contributed by atoms with Gasteiger partial charge >= 0.3 is 20.1 Å². The van der Waals surface area contributed by atoms with Crippen molar-refractivity contribution in [2.24, 2.45) is 0 Å². The number of halogens is 4. The van der Waals surface area contributed by atoms with E-state index in [1.807, 2.05) is 0 Å². The summed E-state index contributed by atoms with van der Waals surface area (Å²) in [5.74, 6) is -3.81. The van der Waals surface area contributed by atoms with E-state index in [1.165, 1.54) is 12.3 Å². The molecule has 0 unspecified atom stereocenters. The first-order valence-electron chi connectivity index (χ1n) is 10.5. The van der Waals surface area contributed by atoms with Gasteiger partial charge in [0.15, 0.2) is 0 Å². The molecule has 0 atom stereocenters. The molecule has 3 aromatic heterocycles. The van der Waals surface area contributed by atoms with E-state index in [1.54, 1.807) is 60.9 Å². The van der Waals surface area contributed by atoms with Gasteiger partial charge in [-0.3, -0.25) is 22.5 Å². The summed E-state index contributed by atoms with van der Waals surface area (Å²) in [6, 6.07) is 23.7. The van der Waals surface area contributed by atoms with Crippen LogP contribution >= 0.6 is 0 Å². The Balaban J connectivity index is 0.000000203. The SMILES string of the molecule is Fc1c[c-]c(-c2ccccn2)c(F)c1.Fc1c[c-]c(-c2ccccn2)c(F)c1.O=C([O-])c1ccccn1.[Ir+3]. The van der Waals surface area contributed by atoms with Crippen molar-refractivity contribution >= 4 is 5.97 Å². The van der Waals surface area contributed by atoms with Gasteiger partial charge in [0.1, 0.15) is 0 Å². The number of carbonyl (C=O) groups excluding carboxylic acids is 1. The minimum Gasteiger partial charge on any atom is -0.543 e. The van der Waals surface area contributed by atoms with Crippen LogP contribution in [0.3, 0.4) is 0 Å². The second-order valence-electron chi connectivity index (χ2n) is 7.01. The summed E-state index contributed by atoms with van der Waals surface area (Å²) >= 11 is 0. The summed E-state index contributed by atoms with van der Waals surface area (Å²) in [6.07, 6.45) is 4.50. The van der Waals surface area contributed by atoms with Crippen molar-refractivity contribution in [3.8, 4) is 22.5 Å². The fourth-order valence-corrected chi connectivity index (χ4v) is 2.79. The van der Waals surface area contributed by atoms with Crippen LogP contribution in [0.1, 0.15) is 10.5 Å². The van der Waals surface area contributed by atoms with Crippen LogP contribution in [-0.2, 0) is 20.1 Å². The number of aromatic nitrogens is 3. The molecule has 0 radical (unpaired) electrons. The molecule has 0 aliphatic heterocycles. The summed E-state index contributed by atoms with van der Waals surface area (Å²) in [4.78, 5) is 21.4. The van der Waals surface area contributed by atoms with E-state index in [0.29, 0.717) is 11.4 Å². The number of carboxylic acid groups (broad SMARTS) is 1. The van der Waals surface area contributed by atoms with E-state index in [2.05, 4.69) is 27.1 Å². The average molecular weight is 695 g/mol. The van der Waals surface area contributed by atoms with Gasteiger partial charge in [-0.25, -0.2) is 0 Å². The summed E-state index contributed by atoms with van der Waals surface area (Å²) in [5, 5.41) is 10.0. The molecule has 0 saturated carbocycles.